The van der Waals surface area contributed by atoms with Gasteiger partial charge in [0, 0.05) is 34.3 Å². The molecule has 6 atom stereocenters. The average Bonchev–Trinajstić information content (AvgIpc) is 3.00. The Hall–Kier alpha value is -2.24. The molecule has 0 aromatic rings. The summed E-state index contributed by atoms with van der Waals surface area (Å²) in [5.74, 6) is -4.47. The summed E-state index contributed by atoms with van der Waals surface area (Å²) in [6, 6.07) is 0. The third kappa shape index (κ3) is 4.59. The van der Waals surface area contributed by atoms with E-state index in [0.717, 1.165) is 0 Å². The molecule has 2 fully saturated rings. The molecule has 0 aromatic carbocycles. The summed E-state index contributed by atoms with van der Waals surface area (Å²) in [4.78, 5) is 46.7. The molecule has 28 heavy (non-hydrogen) atoms. The SMILES string of the molecule is COC(=O)C1(OC)C[C@@H]2O[C@H](COC(C)=O)[C@@H](OC(C)=O)[C@H](OC(C)=O)[C@@H]2O1. The van der Waals surface area contributed by atoms with E-state index in [4.69, 9.17) is 33.2 Å². The van der Waals surface area contributed by atoms with Gasteiger partial charge < -0.3 is 33.2 Å². The fourth-order valence-corrected chi connectivity index (χ4v) is 3.33. The van der Waals surface area contributed by atoms with Gasteiger partial charge in [0.25, 0.3) is 5.79 Å². The van der Waals surface area contributed by atoms with Crippen LogP contribution in [0.5, 0.6) is 0 Å². The molecular weight excluding hydrogens is 380 g/mol. The van der Waals surface area contributed by atoms with Crippen LogP contribution in [0.1, 0.15) is 27.2 Å². The molecule has 11 nitrogen and oxygen atoms in total. The Morgan fingerprint density at radius 1 is 0.964 bits per heavy atom. The van der Waals surface area contributed by atoms with Crippen LogP contribution in [-0.2, 0) is 52.3 Å². The Morgan fingerprint density at radius 2 is 1.57 bits per heavy atom. The van der Waals surface area contributed by atoms with Crippen molar-refractivity contribution in [1.29, 1.82) is 0 Å². The first kappa shape index (κ1) is 22.1. The number of esters is 4. The Balaban J connectivity index is 2.38. The van der Waals surface area contributed by atoms with E-state index in [1.807, 2.05) is 0 Å². The fraction of sp³-hybridized carbons (Fsp3) is 0.765. The average molecular weight is 404 g/mol. The van der Waals surface area contributed by atoms with Gasteiger partial charge in [-0.1, -0.05) is 0 Å². The lowest BCUT2D eigenvalue weighted by Gasteiger charge is -2.41. The van der Waals surface area contributed by atoms with Gasteiger partial charge in [0.1, 0.15) is 18.8 Å². The van der Waals surface area contributed by atoms with Gasteiger partial charge in [0.15, 0.2) is 12.2 Å². The molecule has 0 radical (unpaired) electrons. The highest BCUT2D eigenvalue weighted by Gasteiger charge is 2.62. The summed E-state index contributed by atoms with van der Waals surface area (Å²) in [6.07, 6.45) is -5.04. The molecule has 2 rings (SSSR count). The largest absolute Gasteiger partial charge is 0.465 e. The van der Waals surface area contributed by atoms with Gasteiger partial charge in [0.05, 0.1) is 13.2 Å². The molecule has 2 aliphatic rings. The second-order valence-corrected chi connectivity index (χ2v) is 6.40. The lowest BCUT2D eigenvalue weighted by molar-refractivity contribution is -0.265. The molecule has 2 saturated heterocycles. The van der Waals surface area contributed by atoms with E-state index in [-0.39, 0.29) is 13.0 Å². The lowest BCUT2D eigenvalue weighted by atomic mass is 9.93. The van der Waals surface area contributed by atoms with E-state index < -0.39 is 60.2 Å². The second-order valence-electron chi connectivity index (χ2n) is 6.40. The van der Waals surface area contributed by atoms with Crippen LogP contribution in [0.3, 0.4) is 0 Å². The fourth-order valence-electron chi connectivity index (χ4n) is 3.33. The first-order valence-electron chi connectivity index (χ1n) is 8.58. The molecule has 0 aliphatic carbocycles. The van der Waals surface area contributed by atoms with Crippen LogP contribution in [0, 0.1) is 0 Å². The van der Waals surface area contributed by atoms with Crippen molar-refractivity contribution in [3.63, 3.8) is 0 Å². The van der Waals surface area contributed by atoms with Crippen LogP contribution in [0.25, 0.3) is 0 Å². The highest BCUT2D eigenvalue weighted by atomic mass is 16.8. The quantitative estimate of drug-likeness (QED) is 0.418. The molecule has 0 bridgehead atoms. The normalized spacial score (nSPS) is 34.1. The summed E-state index contributed by atoms with van der Waals surface area (Å²) >= 11 is 0. The first-order valence-corrected chi connectivity index (χ1v) is 8.58. The third-order valence-corrected chi connectivity index (χ3v) is 4.41. The molecule has 2 heterocycles. The third-order valence-electron chi connectivity index (χ3n) is 4.41. The van der Waals surface area contributed by atoms with Crippen LogP contribution < -0.4 is 0 Å². The molecule has 2 aliphatic heterocycles. The highest BCUT2D eigenvalue weighted by Crippen LogP contribution is 2.42. The summed E-state index contributed by atoms with van der Waals surface area (Å²) in [5, 5.41) is 0. The summed E-state index contributed by atoms with van der Waals surface area (Å²) in [5.41, 5.74) is 0. The Morgan fingerprint density at radius 3 is 2.07 bits per heavy atom. The standard InChI is InChI=1S/C17H24O11/c1-8(18)24-7-12-13(25-9(2)19)15(26-10(3)20)14-11(27-12)6-17(23-5,28-14)16(21)22-4/h11-15H,6-7H2,1-5H3/t11-,12+,13+,14+,15-,17?/m0/s1. The molecular formula is C17H24O11. The van der Waals surface area contributed by atoms with Gasteiger partial charge >= 0.3 is 23.9 Å². The van der Waals surface area contributed by atoms with Crippen molar-refractivity contribution in [1.82, 2.24) is 0 Å². The van der Waals surface area contributed by atoms with Crippen molar-refractivity contribution in [3.05, 3.63) is 0 Å². The zero-order chi connectivity index (χ0) is 21.1. The van der Waals surface area contributed by atoms with Crippen LogP contribution in [0.15, 0.2) is 0 Å². The maximum Gasteiger partial charge on any atom is 0.366 e. The molecule has 1 unspecified atom stereocenters. The number of methoxy groups -OCH3 is 2. The second kappa shape index (κ2) is 8.84. The Labute approximate surface area is 161 Å². The van der Waals surface area contributed by atoms with Crippen LogP contribution in [-0.4, -0.2) is 81.0 Å². The smallest absolute Gasteiger partial charge is 0.366 e. The molecule has 0 aromatic heterocycles. The van der Waals surface area contributed by atoms with E-state index in [0.29, 0.717) is 0 Å². The topological polar surface area (TPSA) is 133 Å². The van der Waals surface area contributed by atoms with E-state index >= 15 is 0 Å². The zero-order valence-corrected chi connectivity index (χ0v) is 16.3. The van der Waals surface area contributed by atoms with Gasteiger partial charge in [-0.05, 0) is 0 Å². The predicted molar refractivity (Wildman–Crippen MR) is 87.6 cm³/mol. The molecule has 0 N–H and O–H groups in total. The minimum atomic E-state index is -1.78. The molecule has 0 spiro atoms. The molecule has 0 amide bonds. The van der Waals surface area contributed by atoms with Gasteiger partial charge in [-0.25, -0.2) is 4.79 Å². The molecule has 0 saturated carbocycles. The minimum Gasteiger partial charge on any atom is -0.465 e. The number of ether oxygens (including phenoxy) is 7. The minimum absolute atomic E-state index is 0.0675. The van der Waals surface area contributed by atoms with Gasteiger partial charge in [-0.2, -0.15) is 0 Å². The van der Waals surface area contributed by atoms with Crippen molar-refractivity contribution in [2.24, 2.45) is 0 Å². The maximum atomic E-state index is 12.2. The van der Waals surface area contributed by atoms with Gasteiger partial charge in [-0.15, -0.1) is 0 Å². The van der Waals surface area contributed by atoms with E-state index in [1.54, 1.807) is 0 Å². The highest BCUT2D eigenvalue weighted by molar-refractivity contribution is 5.78. The summed E-state index contributed by atoms with van der Waals surface area (Å²) in [7, 11) is 2.43. The number of hydrogen-bond donors (Lipinski definition) is 0. The van der Waals surface area contributed by atoms with Crippen molar-refractivity contribution < 1.29 is 52.3 Å². The van der Waals surface area contributed by atoms with Crippen LogP contribution >= 0.6 is 0 Å². The van der Waals surface area contributed by atoms with Crippen molar-refractivity contribution >= 4 is 23.9 Å². The summed E-state index contributed by atoms with van der Waals surface area (Å²) < 4.78 is 37.2. The number of rotatable bonds is 6. The summed E-state index contributed by atoms with van der Waals surface area (Å²) in [6.45, 7) is 3.30. The predicted octanol–water partition coefficient (Wildman–Crippen LogP) is -0.515. The van der Waals surface area contributed by atoms with Crippen molar-refractivity contribution in [2.45, 2.75) is 63.5 Å². The number of hydrogen-bond acceptors (Lipinski definition) is 11. The number of fused-ring (bicyclic) bond motifs is 1. The van der Waals surface area contributed by atoms with Crippen molar-refractivity contribution in [3.8, 4) is 0 Å². The van der Waals surface area contributed by atoms with Gasteiger partial charge in [0.2, 0.25) is 0 Å². The van der Waals surface area contributed by atoms with E-state index in [2.05, 4.69) is 0 Å². The number of carbonyl (C=O) groups excluding carboxylic acids is 4. The first-order chi connectivity index (χ1) is 13.1. The lowest BCUT2D eigenvalue weighted by Crippen LogP contribution is -2.60. The van der Waals surface area contributed by atoms with Crippen molar-refractivity contribution in [2.75, 3.05) is 20.8 Å². The zero-order valence-electron chi connectivity index (χ0n) is 16.3. The van der Waals surface area contributed by atoms with Crippen LogP contribution in [0.4, 0.5) is 0 Å². The Bertz CT molecular complexity index is 633. The molecule has 11 heteroatoms. The molecule has 158 valence electrons. The number of carbonyl (C=O) groups is 4. The van der Waals surface area contributed by atoms with Crippen LogP contribution in [0.2, 0.25) is 0 Å². The van der Waals surface area contributed by atoms with E-state index in [1.165, 1.54) is 35.0 Å². The van der Waals surface area contributed by atoms with E-state index in [9.17, 15) is 19.2 Å². The van der Waals surface area contributed by atoms with Gasteiger partial charge in [-0.3, -0.25) is 14.4 Å². The monoisotopic (exact) mass is 404 g/mol. The maximum absolute atomic E-state index is 12.2. The Kier molecular flexibility index (Phi) is 6.96.